The number of aliphatic hydroxyl groups is 2. The topological polar surface area (TPSA) is 347 Å². The molecule has 422 valence electrons. The lowest BCUT2D eigenvalue weighted by molar-refractivity contribution is -0.137. The van der Waals surface area contributed by atoms with Gasteiger partial charge in [-0.3, -0.25) is 38.4 Å². The number of aromatic amines is 3. The van der Waals surface area contributed by atoms with E-state index in [2.05, 4.69) is 57.5 Å². The predicted octanol–water partition coefficient (Wildman–Crippen LogP) is 1.26. The molecule has 0 unspecified atom stereocenters. The Bertz CT molecular complexity index is 3030. The van der Waals surface area contributed by atoms with E-state index in [-0.39, 0.29) is 56.9 Å². The highest BCUT2D eigenvalue weighted by molar-refractivity contribution is 6.00. The number of nitrogens with one attached hydrogen (secondary N) is 11. The van der Waals surface area contributed by atoms with Crippen molar-refractivity contribution in [3.63, 3.8) is 0 Å². The van der Waals surface area contributed by atoms with Gasteiger partial charge in [-0.15, -0.1) is 0 Å². The first kappa shape index (κ1) is 58.6. The fourth-order valence-corrected chi connectivity index (χ4v) is 9.92. The fourth-order valence-electron chi connectivity index (χ4n) is 9.92. The molecule has 15 N–H and O–H groups in total. The van der Waals surface area contributed by atoms with Crippen molar-refractivity contribution in [3.05, 3.63) is 108 Å². The zero-order chi connectivity index (χ0) is 56.8. The van der Waals surface area contributed by atoms with Gasteiger partial charge >= 0.3 is 0 Å². The maximum Gasteiger partial charge on any atom is 0.245 e. The number of benzene rings is 3. The van der Waals surface area contributed by atoms with E-state index >= 15 is 0 Å². The first-order valence-corrected chi connectivity index (χ1v) is 27.0. The minimum atomic E-state index is -1.68. The molecule has 22 heteroatoms. The van der Waals surface area contributed by atoms with E-state index in [1.54, 1.807) is 18.6 Å². The van der Waals surface area contributed by atoms with Crippen LogP contribution in [0.1, 0.15) is 76.5 Å². The first-order chi connectivity index (χ1) is 38.0. The van der Waals surface area contributed by atoms with E-state index in [9.17, 15) is 48.6 Å². The molecule has 4 heterocycles. The number of H-pyrrole nitrogens is 3. The van der Waals surface area contributed by atoms with Crippen LogP contribution in [-0.4, -0.2) is 141 Å². The van der Waals surface area contributed by atoms with Gasteiger partial charge in [0.25, 0.3) is 0 Å². The van der Waals surface area contributed by atoms with Gasteiger partial charge in [0.1, 0.15) is 48.3 Å². The molecule has 3 aromatic carbocycles. The summed E-state index contributed by atoms with van der Waals surface area (Å²) in [7, 11) is 0. The second-order valence-electron chi connectivity index (χ2n) is 21.1. The van der Waals surface area contributed by atoms with Crippen molar-refractivity contribution in [3.8, 4) is 0 Å². The Kier molecular flexibility index (Phi) is 20.4. The lowest BCUT2D eigenvalue weighted by atomic mass is 9.98. The molecule has 79 heavy (non-hydrogen) atoms. The number of aliphatic hydroxyl groups excluding tert-OH is 2. The van der Waals surface area contributed by atoms with E-state index in [0.29, 0.717) is 29.5 Å². The normalized spacial score (nSPS) is 22.9. The highest BCUT2D eigenvalue weighted by Crippen LogP contribution is 2.23. The number of hydrogen-bond acceptors (Lipinski definition) is 11. The number of fused-ring (bicyclic) bond motifs is 3. The Balaban J connectivity index is 1.29. The summed E-state index contributed by atoms with van der Waals surface area (Å²) >= 11 is 0. The second-order valence-corrected chi connectivity index (χ2v) is 21.1. The molecule has 1 saturated heterocycles. The van der Waals surface area contributed by atoms with Gasteiger partial charge in [0.2, 0.25) is 47.3 Å². The first-order valence-electron chi connectivity index (χ1n) is 27.0. The summed E-state index contributed by atoms with van der Waals surface area (Å²) < 4.78 is 0. The van der Waals surface area contributed by atoms with Crippen LogP contribution in [0, 0.1) is 11.8 Å². The number of nitrogens with two attached hydrogens (primary N) is 1. The van der Waals surface area contributed by atoms with Crippen molar-refractivity contribution in [2.75, 3.05) is 19.8 Å². The highest BCUT2D eigenvalue weighted by atomic mass is 16.3. The van der Waals surface area contributed by atoms with Crippen LogP contribution >= 0.6 is 0 Å². The van der Waals surface area contributed by atoms with Gasteiger partial charge in [0.05, 0.1) is 13.2 Å². The van der Waals surface area contributed by atoms with Gasteiger partial charge in [-0.25, -0.2) is 0 Å². The molecule has 6 aromatic rings. The molecule has 1 aliphatic rings. The Morgan fingerprint density at radius 1 is 0.392 bits per heavy atom. The summed E-state index contributed by atoms with van der Waals surface area (Å²) in [5.74, 6) is -7.20. The van der Waals surface area contributed by atoms with Crippen LogP contribution in [0.25, 0.3) is 32.7 Å². The van der Waals surface area contributed by atoms with E-state index in [4.69, 9.17) is 5.73 Å². The third-order valence-corrected chi connectivity index (χ3v) is 14.1. The van der Waals surface area contributed by atoms with Crippen molar-refractivity contribution in [2.24, 2.45) is 17.6 Å². The summed E-state index contributed by atoms with van der Waals surface area (Å²) in [4.78, 5) is 126. The maximum absolute atomic E-state index is 14.9. The molecular formula is C57H74N12O10. The summed E-state index contributed by atoms with van der Waals surface area (Å²) in [5.41, 5.74) is 9.92. The Hall–Kier alpha value is -8.08. The number of aromatic nitrogens is 3. The van der Waals surface area contributed by atoms with Crippen molar-refractivity contribution in [1.82, 2.24) is 57.5 Å². The zero-order valence-corrected chi connectivity index (χ0v) is 44.9. The van der Waals surface area contributed by atoms with Gasteiger partial charge in [-0.2, -0.15) is 0 Å². The second kappa shape index (κ2) is 27.5. The van der Waals surface area contributed by atoms with Gasteiger partial charge in [0, 0.05) is 70.6 Å². The lowest BCUT2D eigenvalue weighted by Crippen LogP contribution is -2.62. The average molecular weight is 1090 g/mol. The van der Waals surface area contributed by atoms with Crippen LogP contribution in [-0.2, 0) is 57.6 Å². The molecule has 7 rings (SSSR count). The number of amides is 8. The van der Waals surface area contributed by atoms with Crippen LogP contribution in [0.15, 0.2) is 91.4 Å². The minimum absolute atomic E-state index is 0.0175. The maximum atomic E-state index is 14.9. The minimum Gasteiger partial charge on any atom is -0.394 e. The largest absolute Gasteiger partial charge is 0.394 e. The van der Waals surface area contributed by atoms with E-state index in [1.165, 1.54) is 0 Å². The standard InChI is InChI=1S/C57H74N12O10/c1-31(2)21-43-51(73)65-45(23-33-26-59-39-16-8-5-13-36(33)39)53(75)63-44(22-32(3)4)52(74)66-47(25-35-28-61-41-18-10-7-15-38(35)41)55(77)69-48(29-70)56(78)62-42(19-11-12-20-58)50(72)68-49(30-71)57(79)67-46(54(76)64-43)24-34-27-60-40-17-9-6-14-37(34)40/h5-10,13-18,26-28,31-32,42-49,59-61,70-71H,11-12,19-25,29-30,58H2,1-4H3,(H,62,78)(H,63,75)(H,64,76)(H,65,73)(H,66,74)(H,67,79)(H,68,72)(H,69,77)/t42-,43+,44+,45-,46-,47-,48+,49+/m0/s1. The van der Waals surface area contributed by atoms with Gasteiger partial charge in [-0.1, -0.05) is 82.3 Å². The number of carbonyl (C=O) groups excluding carboxylic acids is 8. The number of carbonyl (C=O) groups is 8. The predicted molar refractivity (Wildman–Crippen MR) is 297 cm³/mol. The molecule has 0 spiro atoms. The molecule has 3 aromatic heterocycles. The van der Waals surface area contributed by atoms with Crippen LogP contribution < -0.4 is 48.3 Å². The van der Waals surface area contributed by atoms with Crippen molar-refractivity contribution in [1.29, 1.82) is 0 Å². The van der Waals surface area contributed by atoms with E-state index in [0.717, 1.165) is 32.7 Å². The molecule has 8 atom stereocenters. The van der Waals surface area contributed by atoms with Gasteiger partial charge < -0.3 is 73.4 Å². The highest BCUT2D eigenvalue weighted by Gasteiger charge is 2.37. The Labute approximate surface area is 457 Å². The number of unbranched alkanes of at least 4 members (excludes halogenated alkanes) is 1. The zero-order valence-electron chi connectivity index (χ0n) is 44.9. The average Bonchev–Trinajstić information content (AvgIpc) is 4.20. The monoisotopic (exact) mass is 1090 g/mol. The quantitative estimate of drug-likeness (QED) is 0.0612. The van der Waals surface area contributed by atoms with Crippen molar-refractivity contribution >= 4 is 80.0 Å². The summed E-state index contributed by atoms with van der Waals surface area (Å²) in [6, 6.07) is 10.5. The fraction of sp³-hybridized carbons (Fsp3) is 0.439. The summed E-state index contributed by atoms with van der Waals surface area (Å²) in [6.07, 6.45) is 5.65. The molecular weight excluding hydrogens is 1010 g/mol. The molecule has 0 radical (unpaired) electrons. The SMILES string of the molecule is CC(C)C[C@H]1NC(=O)[C@H](Cc2c[nH]c3ccccc23)NC(=O)[C@@H](CO)NC(=O)[C@H](CCCCN)NC(=O)[C@@H](CO)NC(=O)[C@H](Cc2c[nH]c3ccccc23)NC(=O)[C@@H](CC(C)C)NC(=O)[C@H](Cc2c[nH]c3ccccc23)NC1=O. The van der Waals surface area contributed by atoms with E-state index < -0.39 is 109 Å². The Morgan fingerprint density at radius 3 is 1.00 bits per heavy atom. The third kappa shape index (κ3) is 15.4. The molecule has 8 amide bonds. The van der Waals surface area contributed by atoms with Crippen molar-refractivity contribution in [2.45, 2.75) is 127 Å². The molecule has 1 fully saturated rings. The van der Waals surface area contributed by atoms with Crippen molar-refractivity contribution < 1.29 is 48.6 Å². The van der Waals surface area contributed by atoms with Gasteiger partial charge in [0.15, 0.2) is 0 Å². The van der Waals surface area contributed by atoms with Crippen LogP contribution in [0.4, 0.5) is 0 Å². The molecule has 0 aliphatic carbocycles. The number of para-hydroxylation sites is 3. The molecule has 0 bridgehead atoms. The molecule has 0 saturated carbocycles. The smallest absolute Gasteiger partial charge is 0.245 e. The van der Waals surface area contributed by atoms with E-state index in [1.807, 2.05) is 100 Å². The molecule has 22 nitrogen and oxygen atoms in total. The number of hydrogen-bond donors (Lipinski definition) is 14. The van der Waals surface area contributed by atoms with Crippen LogP contribution in [0.2, 0.25) is 0 Å². The van der Waals surface area contributed by atoms with Gasteiger partial charge in [-0.05, 0) is 85.4 Å². The molecule has 1 aliphatic heterocycles. The third-order valence-electron chi connectivity index (χ3n) is 14.1. The number of rotatable bonds is 16. The Morgan fingerprint density at radius 2 is 0.671 bits per heavy atom. The summed E-state index contributed by atoms with van der Waals surface area (Å²) in [6.45, 7) is 5.73. The van der Waals surface area contributed by atoms with Crippen LogP contribution in [0.5, 0.6) is 0 Å². The lowest BCUT2D eigenvalue weighted by Gasteiger charge is -2.29. The summed E-state index contributed by atoms with van der Waals surface area (Å²) in [5, 5.41) is 45.2. The van der Waals surface area contributed by atoms with Crippen LogP contribution in [0.3, 0.4) is 0 Å².